The van der Waals surface area contributed by atoms with Crippen molar-refractivity contribution in [1.82, 2.24) is 5.43 Å². The third kappa shape index (κ3) is 4.90. The van der Waals surface area contributed by atoms with Gasteiger partial charge in [0.15, 0.2) is 0 Å². The van der Waals surface area contributed by atoms with Crippen LogP contribution in [0.1, 0.15) is 11.1 Å². The SMILES string of the molecule is Cc1ccc(/C=N\NC(=O)CSc2ccccc2)cc1. The Kier molecular flexibility index (Phi) is 5.38. The van der Waals surface area contributed by atoms with Crippen LogP contribution in [0, 0.1) is 6.92 Å². The first-order chi connectivity index (χ1) is 9.74. The molecule has 102 valence electrons. The minimum Gasteiger partial charge on any atom is -0.272 e. The molecule has 0 unspecified atom stereocenters. The van der Waals surface area contributed by atoms with Crippen molar-refractivity contribution in [1.29, 1.82) is 0 Å². The molecule has 0 heterocycles. The highest BCUT2D eigenvalue weighted by Gasteiger charge is 2.00. The minimum atomic E-state index is -0.109. The highest BCUT2D eigenvalue weighted by molar-refractivity contribution is 8.00. The number of nitrogens with zero attached hydrogens (tertiary/aromatic N) is 1. The Morgan fingerprint density at radius 2 is 1.85 bits per heavy atom. The first kappa shape index (κ1) is 14.3. The van der Waals surface area contributed by atoms with Crippen molar-refractivity contribution in [3.05, 3.63) is 65.7 Å². The zero-order chi connectivity index (χ0) is 14.2. The van der Waals surface area contributed by atoms with Gasteiger partial charge in [-0.3, -0.25) is 4.79 Å². The molecule has 3 nitrogen and oxygen atoms in total. The van der Waals surface area contributed by atoms with Gasteiger partial charge in [0, 0.05) is 4.90 Å². The number of amides is 1. The molecule has 2 rings (SSSR count). The second-order valence-corrected chi connectivity index (χ2v) is 5.35. The summed E-state index contributed by atoms with van der Waals surface area (Å²) in [4.78, 5) is 12.7. The maximum absolute atomic E-state index is 11.6. The summed E-state index contributed by atoms with van der Waals surface area (Å²) in [6.07, 6.45) is 1.64. The number of aryl methyl sites for hydroxylation is 1. The summed E-state index contributed by atoms with van der Waals surface area (Å²) in [5, 5.41) is 3.95. The predicted octanol–water partition coefficient (Wildman–Crippen LogP) is 3.24. The Balaban J connectivity index is 1.76. The molecule has 2 aromatic rings. The fraction of sp³-hybridized carbons (Fsp3) is 0.125. The van der Waals surface area contributed by atoms with Crippen LogP contribution >= 0.6 is 11.8 Å². The van der Waals surface area contributed by atoms with E-state index in [1.165, 1.54) is 17.3 Å². The van der Waals surface area contributed by atoms with E-state index in [1.54, 1.807) is 6.21 Å². The van der Waals surface area contributed by atoms with E-state index in [4.69, 9.17) is 0 Å². The number of nitrogens with one attached hydrogen (secondary N) is 1. The molecule has 0 bridgehead atoms. The smallest absolute Gasteiger partial charge is 0.250 e. The molecule has 0 radical (unpaired) electrons. The van der Waals surface area contributed by atoms with Crippen LogP contribution in [0.2, 0.25) is 0 Å². The summed E-state index contributed by atoms with van der Waals surface area (Å²) in [5.41, 5.74) is 4.69. The molecule has 0 spiro atoms. The highest BCUT2D eigenvalue weighted by Crippen LogP contribution is 2.16. The molecule has 0 atom stereocenters. The van der Waals surface area contributed by atoms with Gasteiger partial charge >= 0.3 is 0 Å². The van der Waals surface area contributed by atoms with E-state index >= 15 is 0 Å². The van der Waals surface area contributed by atoms with Gasteiger partial charge in [0.25, 0.3) is 0 Å². The average molecular weight is 284 g/mol. The summed E-state index contributed by atoms with van der Waals surface area (Å²) >= 11 is 1.49. The van der Waals surface area contributed by atoms with Gasteiger partial charge in [-0.25, -0.2) is 5.43 Å². The molecule has 1 N–H and O–H groups in total. The van der Waals surface area contributed by atoms with Crippen LogP contribution in [0.4, 0.5) is 0 Å². The van der Waals surface area contributed by atoms with E-state index in [-0.39, 0.29) is 5.91 Å². The summed E-state index contributed by atoms with van der Waals surface area (Å²) in [7, 11) is 0. The van der Waals surface area contributed by atoms with Crippen LogP contribution < -0.4 is 5.43 Å². The molecule has 4 heteroatoms. The van der Waals surface area contributed by atoms with E-state index in [0.717, 1.165) is 10.5 Å². The molecule has 2 aromatic carbocycles. The Labute approximate surface area is 123 Å². The maximum Gasteiger partial charge on any atom is 0.250 e. The van der Waals surface area contributed by atoms with Crippen molar-refractivity contribution in [2.75, 3.05) is 5.75 Å². The lowest BCUT2D eigenvalue weighted by molar-refractivity contribution is -0.118. The fourth-order valence-electron chi connectivity index (χ4n) is 1.53. The number of carbonyl (C=O) groups is 1. The largest absolute Gasteiger partial charge is 0.272 e. The molecule has 0 aliphatic carbocycles. The number of hydrazone groups is 1. The van der Waals surface area contributed by atoms with E-state index in [9.17, 15) is 4.79 Å². The van der Waals surface area contributed by atoms with E-state index in [1.807, 2.05) is 61.5 Å². The lowest BCUT2D eigenvalue weighted by Gasteiger charge is -2.00. The third-order valence-electron chi connectivity index (χ3n) is 2.59. The number of benzene rings is 2. The Hall–Kier alpha value is -2.07. The molecule has 0 aliphatic rings. The number of hydrogen-bond acceptors (Lipinski definition) is 3. The van der Waals surface area contributed by atoms with Crippen LogP contribution in [0.15, 0.2) is 64.6 Å². The topological polar surface area (TPSA) is 41.5 Å². The number of thioether (sulfide) groups is 1. The third-order valence-corrected chi connectivity index (χ3v) is 3.61. The first-order valence-electron chi connectivity index (χ1n) is 6.30. The lowest BCUT2D eigenvalue weighted by Crippen LogP contribution is -2.19. The number of hydrogen-bond donors (Lipinski definition) is 1. The molecular formula is C16H16N2OS. The van der Waals surface area contributed by atoms with Crippen molar-refractivity contribution in [2.45, 2.75) is 11.8 Å². The summed E-state index contributed by atoms with van der Waals surface area (Å²) < 4.78 is 0. The Bertz CT molecular complexity index is 579. The van der Waals surface area contributed by atoms with Gasteiger partial charge < -0.3 is 0 Å². The summed E-state index contributed by atoms with van der Waals surface area (Å²) in [5.74, 6) is 0.247. The Morgan fingerprint density at radius 3 is 2.55 bits per heavy atom. The van der Waals surface area contributed by atoms with E-state index in [0.29, 0.717) is 5.75 Å². The predicted molar refractivity (Wildman–Crippen MR) is 84.1 cm³/mol. The summed E-state index contributed by atoms with van der Waals surface area (Å²) in [6, 6.07) is 17.8. The van der Waals surface area contributed by atoms with Gasteiger partial charge in [0.05, 0.1) is 12.0 Å². The van der Waals surface area contributed by atoms with Crippen LogP contribution in [0.5, 0.6) is 0 Å². The maximum atomic E-state index is 11.6. The molecule has 1 amide bonds. The van der Waals surface area contributed by atoms with Crippen LogP contribution in [0.3, 0.4) is 0 Å². The zero-order valence-electron chi connectivity index (χ0n) is 11.2. The molecule has 0 fully saturated rings. The minimum absolute atomic E-state index is 0.109. The monoisotopic (exact) mass is 284 g/mol. The van der Waals surface area contributed by atoms with E-state index < -0.39 is 0 Å². The Morgan fingerprint density at radius 1 is 1.15 bits per heavy atom. The second-order valence-electron chi connectivity index (χ2n) is 4.31. The molecule has 0 saturated carbocycles. The standard InChI is InChI=1S/C16H16N2OS/c1-13-7-9-14(10-8-13)11-17-18-16(19)12-20-15-5-3-2-4-6-15/h2-11H,12H2,1H3,(H,18,19)/b17-11-. The zero-order valence-corrected chi connectivity index (χ0v) is 12.1. The van der Waals surface area contributed by atoms with Crippen LogP contribution in [-0.2, 0) is 4.79 Å². The van der Waals surface area contributed by atoms with Gasteiger partial charge in [-0.2, -0.15) is 5.10 Å². The van der Waals surface area contributed by atoms with Crippen molar-refractivity contribution in [3.8, 4) is 0 Å². The molecule has 0 aromatic heterocycles. The van der Waals surface area contributed by atoms with Crippen LogP contribution in [0.25, 0.3) is 0 Å². The van der Waals surface area contributed by atoms with Gasteiger partial charge in [-0.05, 0) is 24.6 Å². The second kappa shape index (κ2) is 7.50. The van der Waals surface area contributed by atoms with Gasteiger partial charge in [-0.1, -0.05) is 48.0 Å². The quantitative estimate of drug-likeness (QED) is 0.520. The average Bonchev–Trinajstić information content (AvgIpc) is 2.48. The number of carbonyl (C=O) groups excluding carboxylic acids is 1. The van der Waals surface area contributed by atoms with E-state index in [2.05, 4.69) is 10.5 Å². The van der Waals surface area contributed by atoms with Crippen molar-refractivity contribution in [2.24, 2.45) is 5.10 Å². The van der Waals surface area contributed by atoms with Crippen LogP contribution in [-0.4, -0.2) is 17.9 Å². The van der Waals surface area contributed by atoms with Gasteiger partial charge in [0.1, 0.15) is 0 Å². The van der Waals surface area contributed by atoms with Crippen molar-refractivity contribution < 1.29 is 4.79 Å². The first-order valence-corrected chi connectivity index (χ1v) is 7.29. The number of rotatable bonds is 5. The molecule has 0 aliphatic heterocycles. The van der Waals surface area contributed by atoms with Gasteiger partial charge in [0.2, 0.25) is 5.91 Å². The summed E-state index contributed by atoms with van der Waals surface area (Å²) in [6.45, 7) is 2.03. The van der Waals surface area contributed by atoms with Gasteiger partial charge in [-0.15, -0.1) is 11.8 Å². The fourth-order valence-corrected chi connectivity index (χ4v) is 2.24. The highest BCUT2D eigenvalue weighted by atomic mass is 32.2. The van der Waals surface area contributed by atoms with Crippen molar-refractivity contribution >= 4 is 23.9 Å². The lowest BCUT2D eigenvalue weighted by atomic mass is 10.2. The molecule has 20 heavy (non-hydrogen) atoms. The van der Waals surface area contributed by atoms with Crippen molar-refractivity contribution in [3.63, 3.8) is 0 Å². The molecular weight excluding hydrogens is 268 g/mol. The normalized spacial score (nSPS) is 10.7. The molecule has 0 saturated heterocycles.